The topological polar surface area (TPSA) is 122 Å². The molecule has 4 heterocycles. The number of carbonyl (C=O) groups is 1. The average molecular weight is 611 g/mol. The lowest BCUT2D eigenvalue weighted by molar-refractivity contribution is -0.126. The molecule has 1 amide bonds. The number of thiophene rings is 1. The molecule has 13 heteroatoms. The molecular formula is C30H35FN6O5S. The minimum absolute atomic E-state index is 0.0260. The Morgan fingerprint density at radius 2 is 1.86 bits per heavy atom. The van der Waals surface area contributed by atoms with Crippen LogP contribution in [0.3, 0.4) is 0 Å². The molecule has 1 aliphatic carbocycles. The molecule has 1 aromatic carbocycles. The molecule has 11 nitrogen and oxygen atoms in total. The van der Waals surface area contributed by atoms with E-state index in [-0.39, 0.29) is 18.6 Å². The van der Waals surface area contributed by atoms with Crippen molar-refractivity contribution >= 4 is 27.5 Å². The van der Waals surface area contributed by atoms with E-state index in [0.29, 0.717) is 57.4 Å². The number of aryl methyl sites for hydroxylation is 1. The summed E-state index contributed by atoms with van der Waals surface area (Å²) in [6.07, 6.45) is 6.90. The van der Waals surface area contributed by atoms with Crippen LogP contribution in [0.15, 0.2) is 40.2 Å². The van der Waals surface area contributed by atoms with E-state index in [4.69, 9.17) is 9.47 Å². The predicted octanol–water partition coefficient (Wildman–Crippen LogP) is 4.05. The Morgan fingerprint density at radius 1 is 1.12 bits per heavy atom. The van der Waals surface area contributed by atoms with E-state index in [1.807, 2.05) is 0 Å². The highest BCUT2D eigenvalue weighted by Gasteiger charge is 2.33. The average Bonchev–Trinajstić information content (AvgIpc) is 3.65. The van der Waals surface area contributed by atoms with Gasteiger partial charge in [0.25, 0.3) is 5.56 Å². The Morgan fingerprint density at radius 3 is 2.56 bits per heavy atom. The van der Waals surface area contributed by atoms with Crippen LogP contribution in [0.4, 0.5) is 4.39 Å². The van der Waals surface area contributed by atoms with Gasteiger partial charge >= 0.3 is 5.69 Å². The van der Waals surface area contributed by atoms with Crippen LogP contribution in [0.5, 0.6) is 5.75 Å². The van der Waals surface area contributed by atoms with Gasteiger partial charge in [0.1, 0.15) is 33.5 Å². The fraction of sp³-hybridized carbons (Fsp3) is 0.500. The quantitative estimate of drug-likeness (QED) is 0.319. The van der Waals surface area contributed by atoms with Crippen LogP contribution in [-0.4, -0.2) is 49.8 Å². The second-order valence-electron chi connectivity index (χ2n) is 11.4. The van der Waals surface area contributed by atoms with Gasteiger partial charge in [-0.2, -0.15) is 10.2 Å². The largest absolute Gasteiger partial charge is 0.496 e. The first-order valence-corrected chi connectivity index (χ1v) is 15.5. The lowest BCUT2D eigenvalue weighted by Crippen LogP contribution is -2.49. The van der Waals surface area contributed by atoms with Crippen molar-refractivity contribution in [3.8, 4) is 10.8 Å². The first kappa shape index (κ1) is 29.2. The van der Waals surface area contributed by atoms with E-state index in [9.17, 15) is 18.8 Å². The number of amides is 1. The number of methoxy groups -OCH3 is 1. The van der Waals surface area contributed by atoms with Gasteiger partial charge in [0.15, 0.2) is 0 Å². The van der Waals surface area contributed by atoms with Crippen molar-refractivity contribution in [3.05, 3.63) is 68.4 Å². The molecule has 0 spiro atoms. The van der Waals surface area contributed by atoms with Gasteiger partial charge in [-0.1, -0.05) is 18.3 Å². The Bertz CT molecular complexity index is 1760. The van der Waals surface area contributed by atoms with Crippen molar-refractivity contribution in [2.24, 2.45) is 5.92 Å². The summed E-state index contributed by atoms with van der Waals surface area (Å²) in [6.45, 7) is 4.46. The van der Waals surface area contributed by atoms with E-state index in [0.717, 1.165) is 30.3 Å². The van der Waals surface area contributed by atoms with Crippen LogP contribution in [0.25, 0.3) is 15.2 Å². The number of fused-ring (bicyclic) bond motifs is 1. The monoisotopic (exact) mass is 610 g/mol. The highest BCUT2D eigenvalue weighted by atomic mass is 32.1. The number of rotatable bonds is 8. The lowest BCUT2D eigenvalue weighted by Gasteiger charge is -2.31. The summed E-state index contributed by atoms with van der Waals surface area (Å²) in [5.41, 5.74) is -0.0897. The molecule has 1 saturated heterocycles. The zero-order valence-electron chi connectivity index (χ0n) is 24.4. The summed E-state index contributed by atoms with van der Waals surface area (Å²) in [6, 6.07) is 3.30. The van der Waals surface area contributed by atoms with E-state index >= 15 is 0 Å². The molecule has 1 aliphatic heterocycles. The minimum atomic E-state index is -0.946. The highest BCUT2D eigenvalue weighted by Crippen LogP contribution is 2.37. The van der Waals surface area contributed by atoms with Crippen LogP contribution in [-0.2, 0) is 16.1 Å². The molecule has 228 valence electrons. The van der Waals surface area contributed by atoms with E-state index in [1.165, 1.54) is 52.3 Å². The second-order valence-corrected chi connectivity index (χ2v) is 12.4. The SMILES string of the molecule is COc1ccc(F)cc1[C@H](Cn1c(=O)n([C@H]2CCCNC2=O)c(=O)c2c(C)c(-n3nccn3)sc21)OC1CCC(C)CC1. The number of aromatic nitrogens is 5. The van der Waals surface area contributed by atoms with Crippen molar-refractivity contribution in [1.29, 1.82) is 0 Å². The first-order chi connectivity index (χ1) is 20.8. The molecule has 2 aliphatic rings. The van der Waals surface area contributed by atoms with Crippen LogP contribution in [0, 0.1) is 18.7 Å². The number of piperidine rings is 1. The number of nitrogens with zero attached hydrogens (tertiary/aromatic N) is 5. The van der Waals surface area contributed by atoms with Gasteiger partial charge in [0.2, 0.25) is 5.91 Å². The molecule has 2 atom stereocenters. The zero-order valence-corrected chi connectivity index (χ0v) is 25.2. The van der Waals surface area contributed by atoms with E-state index < -0.39 is 29.2 Å². The summed E-state index contributed by atoms with van der Waals surface area (Å²) < 4.78 is 29.5. The maximum atomic E-state index is 14.7. The molecule has 4 aromatic rings. The van der Waals surface area contributed by atoms with Crippen LogP contribution in [0.2, 0.25) is 0 Å². The van der Waals surface area contributed by atoms with Crippen molar-refractivity contribution < 1.29 is 18.7 Å². The van der Waals surface area contributed by atoms with Crippen molar-refractivity contribution in [1.82, 2.24) is 29.4 Å². The molecule has 6 rings (SSSR count). The molecule has 0 radical (unpaired) electrons. The van der Waals surface area contributed by atoms with Gasteiger partial charge < -0.3 is 14.8 Å². The number of ether oxygens (including phenoxy) is 2. The predicted molar refractivity (Wildman–Crippen MR) is 159 cm³/mol. The fourth-order valence-corrected chi connectivity index (χ4v) is 7.46. The van der Waals surface area contributed by atoms with Gasteiger partial charge in [-0.3, -0.25) is 14.2 Å². The highest BCUT2D eigenvalue weighted by molar-refractivity contribution is 7.21. The summed E-state index contributed by atoms with van der Waals surface area (Å²) in [5.74, 6) is 0.206. The molecule has 0 unspecified atom stereocenters. The number of hydrogen-bond donors (Lipinski definition) is 1. The maximum Gasteiger partial charge on any atom is 0.332 e. The maximum absolute atomic E-state index is 14.7. The van der Waals surface area contributed by atoms with Gasteiger partial charge in [-0.25, -0.2) is 13.8 Å². The summed E-state index contributed by atoms with van der Waals surface area (Å²) in [4.78, 5) is 43.1. The van der Waals surface area contributed by atoms with Gasteiger partial charge in [-0.15, -0.1) is 4.80 Å². The standard InChI is InChI=1S/C30H35FN6O5S/c1-17-6-9-20(10-7-17)42-24(21-15-19(31)8-11-23(21)41-3)16-35-29-25(18(2)28(43-29)37-33-13-14-34-37)27(39)36(30(35)40)22-5-4-12-32-26(22)38/h8,11,13-15,17,20,22,24H,4-7,9-10,12,16H2,1-3H3,(H,32,38)/t17?,20?,22-,24-/m0/s1. The molecule has 2 fully saturated rings. The van der Waals surface area contributed by atoms with Crippen LogP contribution in [0.1, 0.15) is 68.7 Å². The minimum Gasteiger partial charge on any atom is -0.496 e. The number of carbonyl (C=O) groups excluding carboxylic acids is 1. The summed E-state index contributed by atoms with van der Waals surface area (Å²) in [7, 11) is 1.51. The third-order valence-corrected chi connectivity index (χ3v) is 9.87. The lowest BCUT2D eigenvalue weighted by atomic mass is 9.88. The number of nitrogens with one attached hydrogen (secondary N) is 1. The molecule has 0 bridgehead atoms. The van der Waals surface area contributed by atoms with E-state index in [1.54, 1.807) is 13.0 Å². The first-order valence-electron chi connectivity index (χ1n) is 14.7. The Balaban J connectivity index is 1.55. The van der Waals surface area contributed by atoms with Crippen molar-refractivity contribution in [2.45, 2.75) is 77.2 Å². The van der Waals surface area contributed by atoms with E-state index in [2.05, 4.69) is 22.4 Å². The molecule has 3 aromatic heterocycles. The fourth-order valence-electron chi connectivity index (χ4n) is 6.24. The summed E-state index contributed by atoms with van der Waals surface area (Å²) >= 11 is 1.22. The Labute approximate surface area is 251 Å². The van der Waals surface area contributed by atoms with Gasteiger partial charge in [0, 0.05) is 17.7 Å². The molecule has 43 heavy (non-hydrogen) atoms. The molecule has 1 saturated carbocycles. The number of benzene rings is 1. The van der Waals surface area contributed by atoms with Crippen LogP contribution >= 0.6 is 11.3 Å². The Hall–Kier alpha value is -3.84. The third kappa shape index (κ3) is 5.51. The molecular weight excluding hydrogens is 575 g/mol. The smallest absolute Gasteiger partial charge is 0.332 e. The Kier molecular flexibility index (Phi) is 8.19. The third-order valence-electron chi connectivity index (χ3n) is 8.59. The normalized spacial score (nSPS) is 21.6. The van der Waals surface area contributed by atoms with Crippen molar-refractivity contribution in [3.63, 3.8) is 0 Å². The van der Waals surface area contributed by atoms with Crippen LogP contribution < -0.4 is 21.3 Å². The zero-order chi connectivity index (χ0) is 30.2. The van der Waals surface area contributed by atoms with Gasteiger partial charge in [0.05, 0.1) is 37.5 Å². The van der Waals surface area contributed by atoms with Crippen molar-refractivity contribution in [2.75, 3.05) is 13.7 Å². The molecule has 1 N–H and O–H groups in total. The second kappa shape index (κ2) is 12.0. The summed E-state index contributed by atoms with van der Waals surface area (Å²) in [5, 5.41) is 12.2. The number of halogens is 1. The van der Waals surface area contributed by atoms with Gasteiger partial charge in [-0.05, 0) is 69.6 Å². The number of hydrogen-bond acceptors (Lipinski definition) is 8.